The van der Waals surface area contributed by atoms with E-state index >= 15 is 0 Å². The lowest BCUT2D eigenvalue weighted by Crippen LogP contribution is -2.34. The Morgan fingerprint density at radius 1 is 1.04 bits per heavy atom. The van der Waals surface area contributed by atoms with Crippen LogP contribution in [0.15, 0.2) is 60.2 Å². The summed E-state index contributed by atoms with van der Waals surface area (Å²) in [6.07, 6.45) is 0. The highest BCUT2D eigenvalue weighted by atomic mass is 32.2. The Bertz CT molecular complexity index is 892. The van der Waals surface area contributed by atoms with Gasteiger partial charge in [-0.15, -0.1) is 0 Å². The molecule has 0 bridgehead atoms. The summed E-state index contributed by atoms with van der Waals surface area (Å²) in [6, 6.07) is 17.9. The van der Waals surface area contributed by atoms with Gasteiger partial charge in [-0.05, 0) is 34.2 Å². The van der Waals surface area contributed by atoms with Crippen LogP contribution in [0.1, 0.15) is 45.7 Å². The van der Waals surface area contributed by atoms with Gasteiger partial charge < -0.3 is 9.47 Å². The van der Waals surface area contributed by atoms with Crippen LogP contribution in [-0.2, 0) is 22.1 Å². The monoisotopic (exact) mass is 398 g/mol. The zero-order chi connectivity index (χ0) is 20.5. The van der Waals surface area contributed by atoms with Gasteiger partial charge in [-0.2, -0.15) is 0 Å². The quantitative estimate of drug-likeness (QED) is 0.640. The van der Waals surface area contributed by atoms with Gasteiger partial charge in [0.05, 0.1) is 24.5 Å². The van der Waals surface area contributed by atoms with Crippen LogP contribution in [0.3, 0.4) is 0 Å². The van der Waals surface area contributed by atoms with Crippen molar-refractivity contribution in [1.82, 2.24) is 0 Å². The number of methoxy groups -OCH3 is 1. The van der Waals surface area contributed by atoms with E-state index in [2.05, 4.69) is 34.6 Å². The van der Waals surface area contributed by atoms with Gasteiger partial charge in [0.25, 0.3) is 0 Å². The molecule has 0 saturated heterocycles. The molecule has 28 heavy (non-hydrogen) atoms. The number of benzene rings is 2. The smallest absolute Gasteiger partial charge is 0.146 e. The molecule has 2 atom stereocenters. The molecule has 0 saturated carbocycles. The van der Waals surface area contributed by atoms with Crippen LogP contribution in [0, 0.1) is 10.8 Å². The van der Waals surface area contributed by atoms with Gasteiger partial charge in [-0.25, -0.2) is 0 Å². The van der Waals surface area contributed by atoms with Crippen molar-refractivity contribution in [2.75, 3.05) is 7.11 Å². The summed E-state index contributed by atoms with van der Waals surface area (Å²) < 4.78 is 25.4. The van der Waals surface area contributed by atoms with Crippen LogP contribution in [-0.4, -0.2) is 16.8 Å². The topological polar surface area (TPSA) is 35.5 Å². The number of rotatable bonds is 5. The zero-order valence-corrected chi connectivity index (χ0v) is 18.4. The first-order chi connectivity index (χ1) is 13.2. The molecule has 2 aromatic rings. The van der Waals surface area contributed by atoms with E-state index in [9.17, 15) is 4.21 Å². The van der Waals surface area contributed by atoms with Gasteiger partial charge in [0.1, 0.15) is 11.2 Å². The van der Waals surface area contributed by atoms with E-state index in [1.807, 2.05) is 54.6 Å². The second-order valence-corrected chi connectivity index (χ2v) is 10.3. The van der Waals surface area contributed by atoms with Crippen molar-refractivity contribution >= 4 is 15.7 Å². The van der Waals surface area contributed by atoms with Crippen molar-refractivity contribution in [1.29, 1.82) is 0 Å². The highest BCUT2D eigenvalue weighted by molar-refractivity contribution is 7.95. The SMILES string of the molecule is COc1cccc(C2=C(C(C)(C)C)C(C)(C)C(OCc3ccccc3)S2=O)c1. The van der Waals surface area contributed by atoms with Gasteiger partial charge in [-0.1, -0.05) is 77.1 Å². The largest absolute Gasteiger partial charge is 0.497 e. The van der Waals surface area contributed by atoms with Crippen molar-refractivity contribution in [3.8, 4) is 5.75 Å². The molecular formula is C24H30O3S. The second kappa shape index (κ2) is 7.84. The van der Waals surface area contributed by atoms with Crippen molar-refractivity contribution in [2.24, 2.45) is 10.8 Å². The predicted molar refractivity (Wildman–Crippen MR) is 116 cm³/mol. The van der Waals surface area contributed by atoms with Gasteiger partial charge in [0.15, 0.2) is 0 Å². The average Bonchev–Trinajstić information content (AvgIpc) is 2.86. The first kappa shape index (κ1) is 20.8. The maximum atomic E-state index is 13.7. The predicted octanol–water partition coefficient (Wildman–Crippen LogP) is 5.78. The van der Waals surface area contributed by atoms with Crippen LogP contribution in [0.5, 0.6) is 5.75 Å². The van der Waals surface area contributed by atoms with Crippen molar-refractivity contribution in [3.05, 3.63) is 71.3 Å². The summed E-state index contributed by atoms with van der Waals surface area (Å²) in [6.45, 7) is 11.3. The van der Waals surface area contributed by atoms with Gasteiger partial charge in [0, 0.05) is 10.3 Å². The summed E-state index contributed by atoms with van der Waals surface area (Å²) in [5.74, 6) is 0.765. The highest BCUT2D eigenvalue weighted by Crippen LogP contribution is 2.55. The average molecular weight is 399 g/mol. The Hall–Kier alpha value is -1.91. The lowest BCUT2D eigenvalue weighted by atomic mass is 9.70. The van der Waals surface area contributed by atoms with Crippen LogP contribution in [0.4, 0.5) is 0 Å². The summed E-state index contributed by atoms with van der Waals surface area (Å²) >= 11 is 0. The molecule has 0 aliphatic carbocycles. The van der Waals surface area contributed by atoms with E-state index in [0.717, 1.165) is 21.8 Å². The fourth-order valence-electron chi connectivity index (χ4n) is 4.23. The molecule has 1 heterocycles. The first-order valence-corrected chi connectivity index (χ1v) is 10.8. The van der Waals surface area contributed by atoms with Gasteiger partial charge in [0.2, 0.25) is 0 Å². The summed E-state index contributed by atoms with van der Waals surface area (Å²) in [5.41, 5.74) is 2.33. The first-order valence-electron chi connectivity index (χ1n) is 9.62. The van der Waals surface area contributed by atoms with Gasteiger partial charge in [-0.3, -0.25) is 4.21 Å². The summed E-state index contributed by atoms with van der Waals surface area (Å²) in [5, 5.41) is 0. The molecule has 0 radical (unpaired) electrons. The Balaban J connectivity index is 2.03. The van der Waals surface area contributed by atoms with Crippen molar-refractivity contribution < 1.29 is 13.7 Å². The van der Waals surface area contributed by atoms with Gasteiger partial charge >= 0.3 is 0 Å². The van der Waals surface area contributed by atoms with E-state index in [0.29, 0.717) is 6.61 Å². The van der Waals surface area contributed by atoms with Crippen molar-refractivity contribution in [2.45, 2.75) is 46.7 Å². The number of hydrogen-bond acceptors (Lipinski definition) is 3. The van der Waals surface area contributed by atoms with E-state index < -0.39 is 16.2 Å². The van der Waals surface area contributed by atoms with Crippen molar-refractivity contribution in [3.63, 3.8) is 0 Å². The number of ether oxygens (including phenoxy) is 2. The third kappa shape index (κ3) is 3.94. The van der Waals surface area contributed by atoms with E-state index in [1.165, 1.54) is 5.57 Å². The zero-order valence-electron chi connectivity index (χ0n) is 17.6. The molecule has 0 amide bonds. The molecule has 150 valence electrons. The third-order valence-corrected chi connectivity index (χ3v) is 7.14. The standard InChI is InChI=1S/C24H30O3S/c1-23(2,3)21-20(18-13-10-14-19(15-18)26-6)28(25)22(24(21,4)5)27-16-17-11-8-7-9-12-17/h7-15,22H,16H2,1-6H3. The fraction of sp³-hybridized carbons (Fsp3) is 0.417. The summed E-state index contributed by atoms with van der Waals surface area (Å²) in [4.78, 5) is 0.884. The normalized spacial score (nSPS) is 21.8. The molecule has 2 aromatic carbocycles. The van der Waals surface area contributed by atoms with E-state index in [-0.39, 0.29) is 10.8 Å². The molecular weight excluding hydrogens is 368 g/mol. The molecule has 0 N–H and O–H groups in total. The molecule has 3 nitrogen and oxygen atoms in total. The summed E-state index contributed by atoms with van der Waals surface area (Å²) in [7, 11) is 0.375. The lowest BCUT2D eigenvalue weighted by Gasteiger charge is -2.36. The Morgan fingerprint density at radius 2 is 1.71 bits per heavy atom. The van der Waals surface area contributed by atoms with E-state index in [1.54, 1.807) is 7.11 Å². The maximum Gasteiger partial charge on any atom is 0.146 e. The third-order valence-electron chi connectivity index (χ3n) is 5.18. The van der Waals surface area contributed by atoms with Crippen LogP contribution < -0.4 is 4.74 Å². The highest BCUT2D eigenvalue weighted by Gasteiger charge is 2.51. The molecule has 0 spiro atoms. The van der Waals surface area contributed by atoms with Crippen LogP contribution in [0.2, 0.25) is 0 Å². The Labute approximate surface area is 171 Å². The molecule has 0 aromatic heterocycles. The molecule has 0 fully saturated rings. The molecule has 1 aliphatic rings. The molecule has 2 unspecified atom stereocenters. The molecule has 3 rings (SSSR count). The second-order valence-electron chi connectivity index (χ2n) is 8.83. The Morgan fingerprint density at radius 3 is 2.32 bits per heavy atom. The minimum Gasteiger partial charge on any atom is -0.497 e. The van der Waals surface area contributed by atoms with Crippen LogP contribution >= 0.6 is 0 Å². The molecule has 4 heteroatoms. The fourth-order valence-corrected chi connectivity index (χ4v) is 6.42. The minimum atomic E-state index is -1.28. The van der Waals surface area contributed by atoms with Crippen LogP contribution in [0.25, 0.3) is 4.91 Å². The van der Waals surface area contributed by atoms with E-state index in [4.69, 9.17) is 9.47 Å². The maximum absolute atomic E-state index is 13.7. The minimum absolute atomic E-state index is 0.136. The lowest BCUT2D eigenvalue weighted by molar-refractivity contribution is 0.0341. The molecule has 1 aliphatic heterocycles. The number of hydrogen-bond donors (Lipinski definition) is 0. The Kier molecular flexibility index (Phi) is 5.83.